The Hall–Kier alpha value is -2.70. The molecule has 1 heterocycles. The number of ether oxygens (including phenoxy) is 2. The van der Waals surface area contributed by atoms with E-state index in [1.807, 2.05) is 50.3 Å². The molecule has 0 saturated carbocycles. The minimum atomic E-state index is -0.589. The molecule has 4 atom stereocenters. The summed E-state index contributed by atoms with van der Waals surface area (Å²) in [5.41, 5.74) is 1.86. The van der Waals surface area contributed by atoms with E-state index in [-0.39, 0.29) is 42.0 Å². The predicted molar refractivity (Wildman–Crippen MR) is 117 cm³/mol. The molecule has 2 aromatic rings. The molecule has 1 aliphatic rings. The normalized spacial score (nSPS) is 21.7. The molecule has 3 rings (SSSR count). The lowest BCUT2D eigenvalue weighted by atomic mass is 9.80. The van der Waals surface area contributed by atoms with E-state index in [1.54, 1.807) is 12.1 Å². The van der Waals surface area contributed by atoms with Crippen LogP contribution in [0, 0.1) is 11.7 Å². The monoisotopic (exact) mass is 427 g/mol. The quantitative estimate of drug-likeness (QED) is 0.620. The molecule has 1 amide bonds. The maximum Gasteiger partial charge on any atom is 0.286 e. The molecule has 0 spiro atoms. The summed E-state index contributed by atoms with van der Waals surface area (Å²) in [4.78, 5) is 13.0. The number of carbonyl (C=O) groups is 1. The second kappa shape index (κ2) is 11.1. The van der Waals surface area contributed by atoms with Crippen molar-refractivity contribution in [1.82, 2.24) is 5.32 Å². The first kappa shape index (κ1) is 23.0. The molecule has 0 fully saturated rings. The van der Waals surface area contributed by atoms with Crippen LogP contribution in [0.5, 0.6) is 0 Å². The molecule has 2 aromatic carbocycles. The van der Waals surface area contributed by atoms with E-state index in [1.165, 1.54) is 12.1 Å². The number of hydrogen-bond acceptors (Lipinski definition) is 4. The smallest absolute Gasteiger partial charge is 0.286 e. The molecular formula is C25H30FNO4. The Morgan fingerprint density at radius 3 is 2.55 bits per heavy atom. The molecule has 1 aliphatic heterocycles. The number of aliphatic hydroxyl groups is 1. The number of halogens is 1. The zero-order valence-electron chi connectivity index (χ0n) is 18.0. The molecular weight excluding hydrogens is 397 g/mol. The second-order valence-electron chi connectivity index (χ2n) is 7.69. The molecule has 0 aromatic heterocycles. The van der Waals surface area contributed by atoms with Crippen molar-refractivity contribution < 1.29 is 23.8 Å². The molecule has 0 aliphatic carbocycles. The van der Waals surface area contributed by atoms with Crippen LogP contribution in [0.15, 0.2) is 66.4 Å². The van der Waals surface area contributed by atoms with Crippen LogP contribution in [-0.4, -0.2) is 30.5 Å². The highest BCUT2D eigenvalue weighted by molar-refractivity contribution is 5.92. The topological polar surface area (TPSA) is 67.8 Å². The van der Waals surface area contributed by atoms with E-state index in [0.717, 1.165) is 11.1 Å². The van der Waals surface area contributed by atoms with Crippen LogP contribution in [0.25, 0.3) is 0 Å². The van der Waals surface area contributed by atoms with Crippen LogP contribution in [0.1, 0.15) is 49.8 Å². The van der Waals surface area contributed by atoms with Crippen LogP contribution in [0.4, 0.5) is 4.39 Å². The first-order valence-electron chi connectivity index (χ1n) is 10.8. The summed E-state index contributed by atoms with van der Waals surface area (Å²) < 4.78 is 25.1. The molecule has 0 radical (unpaired) electrons. The van der Waals surface area contributed by atoms with E-state index in [4.69, 9.17) is 9.47 Å². The SMILES string of the molecule is CCO[C@H]1OC(C(=O)N[C@H](C)c2ccc(F)cc2)=C[C@@H](c2ccccc2)[C@H]1CCCO. The lowest BCUT2D eigenvalue weighted by Crippen LogP contribution is -2.39. The van der Waals surface area contributed by atoms with Crippen molar-refractivity contribution in [3.05, 3.63) is 83.4 Å². The Kier molecular flexibility index (Phi) is 8.20. The maximum absolute atomic E-state index is 13.2. The van der Waals surface area contributed by atoms with E-state index in [9.17, 15) is 14.3 Å². The van der Waals surface area contributed by atoms with Crippen molar-refractivity contribution in [1.29, 1.82) is 0 Å². The fraction of sp³-hybridized carbons (Fsp3) is 0.400. The Bertz CT molecular complexity index is 869. The van der Waals surface area contributed by atoms with E-state index in [2.05, 4.69) is 5.32 Å². The number of hydrogen-bond donors (Lipinski definition) is 2. The number of nitrogens with one attached hydrogen (secondary N) is 1. The Balaban J connectivity index is 1.85. The van der Waals surface area contributed by atoms with Crippen molar-refractivity contribution >= 4 is 5.91 Å². The first-order chi connectivity index (χ1) is 15.0. The largest absolute Gasteiger partial charge is 0.459 e. The van der Waals surface area contributed by atoms with Gasteiger partial charge >= 0.3 is 0 Å². The van der Waals surface area contributed by atoms with Gasteiger partial charge in [-0.3, -0.25) is 4.79 Å². The molecule has 6 heteroatoms. The fourth-order valence-electron chi connectivity index (χ4n) is 3.92. The molecule has 5 nitrogen and oxygen atoms in total. The molecule has 0 unspecified atom stereocenters. The molecule has 31 heavy (non-hydrogen) atoms. The van der Waals surface area contributed by atoms with Crippen LogP contribution in [-0.2, 0) is 14.3 Å². The molecule has 2 N–H and O–H groups in total. The predicted octanol–water partition coefficient (Wildman–Crippen LogP) is 4.45. The molecule has 0 saturated heterocycles. The Labute approximate surface area is 182 Å². The minimum absolute atomic E-state index is 0.0272. The van der Waals surface area contributed by atoms with Gasteiger partial charge in [0, 0.05) is 25.0 Å². The number of aliphatic hydroxyl groups excluding tert-OH is 1. The zero-order valence-corrected chi connectivity index (χ0v) is 18.0. The van der Waals surface area contributed by atoms with Crippen molar-refractivity contribution in [2.24, 2.45) is 5.92 Å². The number of benzene rings is 2. The summed E-state index contributed by atoms with van der Waals surface area (Å²) in [6.45, 7) is 4.26. The van der Waals surface area contributed by atoms with Gasteiger partial charge in [0.05, 0.1) is 6.04 Å². The van der Waals surface area contributed by atoms with Gasteiger partial charge in [0.15, 0.2) is 5.76 Å². The summed E-state index contributed by atoms with van der Waals surface area (Å²) in [7, 11) is 0. The van der Waals surface area contributed by atoms with Crippen molar-refractivity contribution in [3.8, 4) is 0 Å². The summed E-state index contributed by atoms with van der Waals surface area (Å²) in [6.07, 6.45) is 2.59. The van der Waals surface area contributed by atoms with Gasteiger partial charge in [-0.2, -0.15) is 0 Å². The van der Waals surface area contributed by atoms with Crippen molar-refractivity contribution in [3.63, 3.8) is 0 Å². The van der Waals surface area contributed by atoms with Gasteiger partial charge < -0.3 is 19.9 Å². The summed E-state index contributed by atoms with van der Waals surface area (Å²) in [5, 5.41) is 12.3. The standard InChI is InChI=1S/C25H30FNO4/c1-3-30-25-21(10-7-15-28)22(19-8-5-4-6-9-19)16-23(31-25)24(29)27-17(2)18-11-13-20(26)14-12-18/h4-6,8-9,11-14,16-17,21-22,25,28H,3,7,10,15H2,1-2H3,(H,27,29)/t17-,21-,22+,25+/m1/s1. The van der Waals surface area contributed by atoms with E-state index in [0.29, 0.717) is 19.4 Å². The summed E-state index contributed by atoms with van der Waals surface area (Å²) >= 11 is 0. The van der Waals surface area contributed by atoms with Gasteiger partial charge in [-0.15, -0.1) is 0 Å². The van der Waals surface area contributed by atoms with Crippen LogP contribution >= 0.6 is 0 Å². The van der Waals surface area contributed by atoms with Gasteiger partial charge in [-0.25, -0.2) is 4.39 Å². The third kappa shape index (κ3) is 5.93. The second-order valence-corrected chi connectivity index (χ2v) is 7.69. The average Bonchev–Trinajstić information content (AvgIpc) is 2.79. The third-order valence-electron chi connectivity index (χ3n) is 5.54. The van der Waals surface area contributed by atoms with Gasteiger partial charge in [-0.1, -0.05) is 42.5 Å². The number of rotatable bonds is 9. The highest BCUT2D eigenvalue weighted by atomic mass is 19.1. The lowest BCUT2D eigenvalue weighted by Gasteiger charge is -2.37. The molecule has 166 valence electrons. The Morgan fingerprint density at radius 2 is 1.90 bits per heavy atom. The fourth-order valence-corrected chi connectivity index (χ4v) is 3.92. The van der Waals surface area contributed by atoms with Gasteiger partial charge in [-0.05, 0) is 56.0 Å². The average molecular weight is 428 g/mol. The van der Waals surface area contributed by atoms with Crippen LogP contribution in [0.2, 0.25) is 0 Å². The van der Waals surface area contributed by atoms with Crippen molar-refractivity contribution in [2.75, 3.05) is 13.2 Å². The Morgan fingerprint density at radius 1 is 1.19 bits per heavy atom. The van der Waals surface area contributed by atoms with Crippen LogP contribution < -0.4 is 5.32 Å². The van der Waals surface area contributed by atoms with Crippen molar-refractivity contribution in [2.45, 2.75) is 44.9 Å². The minimum Gasteiger partial charge on any atom is -0.459 e. The van der Waals surface area contributed by atoms with Gasteiger partial charge in [0.1, 0.15) is 5.82 Å². The van der Waals surface area contributed by atoms with Gasteiger partial charge in [0.2, 0.25) is 6.29 Å². The molecule has 0 bridgehead atoms. The first-order valence-corrected chi connectivity index (χ1v) is 10.8. The van der Waals surface area contributed by atoms with Gasteiger partial charge in [0.25, 0.3) is 5.91 Å². The highest BCUT2D eigenvalue weighted by Crippen LogP contribution is 2.39. The number of allylic oxidation sites excluding steroid dienone is 1. The summed E-state index contributed by atoms with van der Waals surface area (Å²) in [5.74, 6) is -0.565. The third-order valence-corrected chi connectivity index (χ3v) is 5.54. The van der Waals surface area contributed by atoms with E-state index < -0.39 is 6.29 Å². The zero-order chi connectivity index (χ0) is 22.2. The number of carbonyl (C=O) groups excluding carboxylic acids is 1. The number of amides is 1. The van der Waals surface area contributed by atoms with E-state index >= 15 is 0 Å². The lowest BCUT2D eigenvalue weighted by molar-refractivity contribution is -0.166. The van der Waals surface area contributed by atoms with Crippen LogP contribution in [0.3, 0.4) is 0 Å². The maximum atomic E-state index is 13.2. The highest BCUT2D eigenvalue weighted by Gasteiger charge is 2.37. The summed E-state index contributed by atoms with van der Waals surface area (Å²) in [6, 6.07) is 15.7.